The molecule has 15 heavy (non-hydrogen) atoms. The number of carbonyl (C=O) groups is 1. The molecule has 0 unspecified atom stereocenters. The van der Waals surface area contributed by atoms with Gasteiger partial charge in [-0.05, 0) is 12.1 Å². The quantitative estimate of drug-likeness (QED) is 0.605. The summed E-state index contributed by atoms with van der Waals surface area (Å²) in [4.78, 5) is 11.3. The molecule has 0 aliphatic heterocycles. The molecule has 0 bridgehead atoms. The van der Waals surface area contributed by atoms with Crippen molar-refractivity contribution < 1.29 is 14.3 Å². The molecule has 1 amide bonds. The Morgan fingerprint density at radius 2 is 2.07 bits per heavy atom. The Morgan fingerprint density at radius 1 is 1.33 bits per heavy atom. The summed E-state index contributed by atoms with van der Waals surface area (Å²) < 4.78 is 9.71. The minimum atomic E-state index is -0.263. The molecule has 80 valence electrons. The summed E-state index contributed by atoms with van der Waals surface area (Å²) in [5.41, 5.74) is 0.630. The van der Waals surface area contributed by atoms with Gasteiger partial charge >= 0.3 is 0 Å². The van der Waals surface area contributed by atoms with E-state index in [-0.39, 0.29) is 5.91 Å². The lowest BCUT2D eigenvalue weighted by Crippen LogP contribution is -2.08. The third-order valence-corrected chi connectivity index (χ3v) is 1.72. The van der Waals surface area contributed by atoms with Gasteiger partial charge in [-0.3, -0.25) is 4.79 Å². The molecule has 0 heterocycles. The van der Waals surface area contributed by atoms with E-state index < -0.39 is 0 Å². The maximum atomic E-state index is 11.3. The predicted molar refractivity (Wildman–Crippen MR) is 57.8 cm³/mol. The highest BCUT2D eigenvalue weighted by atomic mass is 16.5. The Kier molecular flexibility index (Phi) is 4.22. The van der Waals surface area contributed by atoms with Gasteiger partial charge in [0.15, 0.2) is 0 Å². The number of para-hydroxylation sites is 2. The maximum Gasteiger partial charge on any atom is 0.251 e. The fraction of sp³-hybridized carbons (Fsp3) is 0.182. The molecule has 4 nitrogen and oxygen atoms in total. The number of hydrogen-bond acceptors (Lipinski definition) is 3. The molecule has 1 rings (SSSR count). The fourth-order valence-corrected chi connectivity index (χ4v) is 1.05. The lowest BCUT2D eigenvalue weighted by atomic mass is 10.3. The van der Waals surface area contributed by atoms with Gasteiger partial charge in [0.25, 0.3) is 5.91 Å². The first-order valence-corrected chi connectivity index (χ1v) is 4.41. The monoisotopic (exact) mass is 207 g/mol. The van der Waals surface area contributed by atoms with E-state index in [0.29, 0.717) is 11.4 Å². The summed E-state index contributed by atoms with van der Waals surface area (Å²) in [5.74, 6) is 0.359. The molecule has 1 aromatic rings. The van der Waals surface area contributed by atoms with Gasteiger partial charge in [0.05, 0.1) is 26.2 Å². The molecule has 0 spiro atoms. The first-order chi connectivity index (χ1) is 7.27. The van der Waals surface area contributed by atoms with Gasteiger partial charge in [-0.1, -0.05) is 12.1 Å². The minimum Gasteiger partial charge on any atom is -0.504 e. The van der Waals surface area contributed by atoms with Gasteiger partial charge in [-0.15, -0.1) is 0 Å². The topological polar surface area (TPSA) is 47.6 Å². The summed E-state index contributed by atoms with van der Waals surface area (Å²) in [6.45, 7) is 0. The van der Waals surface area contributed by atoms with Crippen LogP contribution in [0.25, 0.3) is 0 Å². The van der Waals surface area contributed by atoms with Crippen LogP contribution >= 0.6 is 0 Å². The minimum absolute atomic E-state index is 0.263. The second-order valence-corrected chi connectivity index (χ2v) is 2.73. The van der Waals surface area contributed by atoms with Crippen LogP contribution in [0.5, 0.6) is 5.75 Å². The molecular formula is C11H13NO3. The van der Waals surface area contributed by atoms with Crippen molar-refractivity contribution in [2.75, 3.05) is 19.5 Å². The van der Waals surface area contributed by atoms with Crippen molar-refractivity contribution in [1.82, 2.24) is 0 Å². The lowest BCUT2D eigenvalue weighted by Gasteiger charge is -2.07. The van der Waals surface area contributed by atoms with Crippen molar-refractivity contribution in [3.05, 3.63) is 36.6 Å². The van der Waals surface area contributed by atoms with Crippen LogP contribution in [-0.2, 0) is 9.53 Å². The van der Waals surface area contributed by atoms with Crippen molar-refractivity contribution in [3.8, 4) is 5.75 Å². The van der Waals surface area contributed by atoms with E-state index in [4.69, 9.17) is 4.74 Å². The van der Waals surface area contributed by atoms with Crippen molar-refractivity contribution in [2.24, 2.45) is 0 Å². The van der Waals surface area contributed by atoms with Gasteiger partial charge in [0.1, 0.15) is 5.75 Å². The van der Waals surface area contributed by atoms with Crippen molar-refractivity contribution in [2.45, 2.75) is 0 Å². The highest BCUT2D eigenvalue weighted by Crippen LogP contribution is 2.22. The molecule has 1 N–H and O–H groups in total. The number of ether oxygens (including phenoxy) is 2. The summed E-state index contributed by atoms with van der Waals surface area (Å²) >= 11 is 0. The Bertz CT molecular complexity index is 361. The summed E-state index contributed by atoms with van der Waals surface area (Å²) in [6.07, 6.45) is 2.61. The van der Waals surface area contributed by atoms with Crippen LogP contribution in [0.2, 0.25) is 0 Å². The number of carbonyl (C=O) groups excluding carboxylic acids is 1. The number of anilines is 1. The molecule has 0 radical (unpaired) electrons. The van der Waals surface area contributed by atoms with Crippen LogP contribution in [0.15, 0.2) is 36.6 Å². The van der Waals surface area contributed by atoms with E-state index in [2.05, 4.69) is 10.1 Å². The average molecular weight is 207 g/mol. The molecule has 4 heteroatoms. The van der Waals surface area contributed by atoms with E-state index in [9.17, 15) is 4.79 Å². The number of hydrogen-bond donors (Lipinski definition) is 1. The Balaban J connectivity index is 2.71. The van der Waals surface area contributed by atoms with Crippen molar-refractivity contribution in [3.63, 3.8) is 0 Å². The molecule has 0 atom stereocenters. The van der Waals surface area contributed by atoms with E-state index in [0.717, 1.165) is 0 Å². The van der Waals surface area contributed by atoms with E-state index in [1.165, 1.54) is 19.4 Å². The van der Waals surface area contributed by atoms with Gasteiger partial charge in [0.2, 0.25) is 0 Å². The number of nitrogens with one attached hydrogen (secondary N) is 1. The van der Waals surface area contributed by atoms with Gasteiger partial charge in [-0.25, -0.2) is 0 Å². The SMILES string of the molecule is CO/C=C/C(=O)Nc1ccccc1OC. The molecule has 0 saturated carbocycles. The maximum absolute atomic E-state index is 11.3. The first kappa shape index (κ1) is 11.1. The molecule has 1 aromatic carbocycles. The first-order valence-electron chi connectivity index (χ1n) is 4.41. The largest absolute Gasteiger partial charge is 0.504 e. The highest BCUT2D eigenvalue weighted by Gasteiger charge is 2.03. The Hall–Kier alpha value is -1.97. The third kappa shape index (κ3) is 3.34. The standard InChI is InChI=1S/C11H13NO3/c1-14-8-7-11(13)12-9-5-3-4-6-10(9)15-2/h3-8H,1-2H3,(H,12,13)/b8-7+. The second kappa shape index (κ2) is 5.70. The fourth-order valence-electron chi connectivity index (χ4n) is 1.05. The van der Waals surface area contributed by atoms with Crippen molar-refractivity contribution in [1.29, 1.82) is 0 Å². The van der Waals surface area contributed by atoms with Crippen LogP contribution < -0.4 is 10.1 Å². The van der Waals surface area contributed by atoms with Crippen LogP contribution in [-0.4, -0.2) is 20.1 Å². The normalized spacial score (nSPS) is 10.0. The van der Waals surface area contributed by atoms with E-state index in [1.54, 1.807) is 19.2 Å². The molecule has 0 fully saturated rings. The summed E-state index contributed by atoms with van der Waals surface area (Å²) in [6, 6.07) is 7.19. The number of amides is 1. The van der Waals surface area contributed by atoms with Crippen LogP contribution in [0, 0.1) is 0 Å². The average Bonchev–Trinajstić information content (AvgIpc) is 2.27. The van der Waals surface area contributed by atoms with Gasteiger partial charge in [-0.2, -0.15) is 0 Å². The van der Waals surface area contributed by atoms with Crippen molar-refractivity contribution >= 4 is 11.6 Å². The highest BCUT2D eigenvalue weighted by molar-refractivity contribution is 6.00. The van der Waals surface area contributed by atoms with Gasteiger partial charge in [0, 0.05) is 6.08 Å². The zero-order valence-corrected chi connectivity index (χ0v) is 8.69. The smallest absolute Gasteiger partial charge is 0.251 e. The number of benzene rings is 1. The Labute approximate surface area is 88.5 Å². The molecule has 0 aliphatic carbocycles. The van der Waals surface area contributed by atoms with Crippen LogP contribution in [0.4, 0.5) is 5.69 Å². The summed E-state index contributed by atoms with van der Waals surface area (Å²) in [5, 5.41) is 2.67. The van der Waals surface area contributed by atoms with Crippen LogP contribution in [0.1, 0.15) is 0 Å². The molecule has 0 saturated heterocycles. The Morgan fingerprint density at radius 3 is 2.73 bits per heavy atom. The lowest BCUT2D eigenvalue weighted by molar-refractivity contribution is -0.112. The zero-order valence-electron chi connectivity index (χ0n) is 8.69. The predicted octanol–water partition coefficient (Wildman–Crippen LogP) is 1.79. The van der Waals surface area contributed by atoms with Gasteiger partial charge < -0.3 is 14.8 Å². The summed E-state index contributed by atoms with van der Waals surface area (Å²) in [7, 11) is 3.03. The van der Waals surface area contributed by atoms with E-state index >= 15 is 0 Å². The molecule has 0 aromatic heterocycles. The zero-order chi connectivity index (χ0) is 11.1. The van der Waals surface area contributed by atoms with Crippen LogP contribution in [0.3, 0.4) is 0 Å². The molecule has 0 aliphatic rings. The van der Waals surface area contributed by atoms with E-state index in [1.807, 2.05) is 12.1 Å². The second-order valence-electron chi connectivity index (χ2n) is 2.73. The third-order valence-electron chi connectivity index (χ3n) is 1.72. The number of methoxy groups -OCH3 is 2. The number of rotatable bonds is 4. The molecular weight excluding hydrogens is 194 g/mol.